The highest BCUT2D eigenvalue weighted by atomic mass is 79.9. The Morgan fingerprint density at radius 1 is 1.33 bits per heavy atom. The average Bonchev–Trinajstić information content (AvgIpc) is 2.67. The van der Waals surface area contributed by atoms with Gasteiger partial charge in [0.1, 0.15) is 22.4 Å². The minimum atomic E-state index is 0.503. The maximum Gasteiger partial charge on any atom is 0.148 e. The summed E-state index contributed by atoms with van der Waals surface area (Å²) in [5.41, 5.74) is 0. The van der Waals surface area contributed by atoms with Crippen molar-refractivity contribution in [2.24, 2.45) is 0 Å². The van der Waals surface area contributed by atoms with Crippen molar-refractivity contribution >= 4 is 27.6 Å². The standard InChI is InChI=1S/C15H26BrN5/c1-4-7-17-14-13(16)15(19-11-18-14)21-9-6-8-20(3)10-12(21)5-2/h11-12H,4-10H2,1-3H3,(H,17,18,19). The number of likely N-dealkylation sites (N-methyl/N-ethyl adjacent to an activating group) is 1. The van der Waals surface area contributed by atoms with Crippen molar-refractivity contribution < 1.29 is 0 Å². The zero-order valence-corrected chi connectivity index (χ0v) is 14.9. The van der Waals surface area contributed by atoms with Gasteiger partial charge in [-0.2, -0.15) is 0 Å². The Morgan fingerprint density at radius 3 is 2.86 bits per heavy atom. The summed E-state index contributed by atoms with van der Waals surface area (Å²) >= 11 is 3.70. The SMILES string of the molecule is CCCNc1ncnc(N2CCCN(C)CC2CC)c1Br. The second-order valence-corrected chi connectivity index (χ2v) is 6.45. The third-order valence-corrected chi connectivity index (χ3v) is 4.69. The van der Waals surface area contributed by atoms with Gasteiger partial charge in [-0.1, -0.05) is 13.8 Å². The Morgan fingerprint density at radius 2 is 2.14 bits per heavy atom. The van der Waals surface area contributed by atoms with Crippen LogP contribution in [0.3, 0.4) is 0 Å². The van der Waals surface area contributed by atoms with Crippen LogP contribution in [-0.4, -0.2) is 54.1 Å². The molecule has 1 aromatic rings. The maximum atomic E-state index is 4.55. The summed E-state index contributed by atoms with van der Waals surface area (Å²) in [6.45, 7) is 8.62. The molecular formula is C15H26BrN5. The average molecular weight is 356 g/mol. The molecule has 0 radical (unpaired) electrons. The third kappa shape index (κ3) is 4.07. The van der Waals surface area contributed by atoms with Crippen LogP contribution in [0.2, 0.25) is 0 Å². The fourth-order valence-corrected chi connectivity index (χ4v) is 3.37. The van der Waals surface area contributed by atoms with Crippen molar-refractivity contribution in [3.05, 3.63) is 10.8 Å². The van der Waals surface area contributed by atoms with E-state index in [0.717, 1.165) is 55.1 Å². The molecule has 1 aliphatic rings. The molecule has 6 heteroatoms. The van der Waals surface area contributed by atoms with Crippen molar-refractivity contribution in [1.82, 2.24) is 14.9 Å². The van der Waals surface area contributed by atoms with Gasteiger partial charge in [-0.05, 0) is 48.8 Å². The maximum absolute atomic E-state index is 4.55. The van der Waals surface area contributed by atoms with Gasteiger partial charge < -0.3 is 15.1 Å². The zero-order chi connectivity index (χ0) is 15.2. The minimum absolute atomic E-state index is 0.503. The first-order valence-corrected chi connectivity index (χ1v) is 8.66. The Hall–Kier alpha value is -0.880. The fraction of sp³-hybridized carbons (Fsp3) is 0.733. The summed E-state index contributed by atoms with van der Waals surface area (Å²) in [4.78, 5) is 13.8. The van der Waals surface area contributed by atoms with Crippen LogP contribution >= 0.6 is 15.9 Å². The van der Waals surface area contributed by atoms with Crippen molar-refractivity contribution in [3.63, 3.8) is 0 Å². The molecule has 0 bridgehead atoms. The number of hydrogen-bond acceptors (Lipinski definition) is 5. The molecule has 1 fully saturated rings. The van der Waals surface area contributed by atoms with Crippen LogP contribution in [0.4, 0.5) is 11.6 Å². The number of nitrogens with one attached hydrogen (secondary N) is 1. The lowest BCUT2D eigenvalue weighted by molar-refractivity contribution is 0.327. The van der Waals surface area contributed by atoms with E-state index >= 15 is 0 Å². The summed E-state index contributed by atoms with van der Waals surface area (Å²) in [6, 6.07) is 0.503. The van der Waals surface area contributed by atoms with Crippen LogP contribution in [0.25, 0.3) is 0 Å². The van der Waals surface area contributed by atoms with Crippen LogP contribution in [0.15, 0.2) is 10.8 Å². The molecule has 5 nitrogen and oxygen atoms in total. The van der Waals surface area contributed by atoms with E-state index in [1.54, 1.807) is 6.33 Å². The van der Waals surface area contributed by atoms with Crippen molar-refractivity contribution in [1.29, 1.82) is 0 Å². The lowest BCUT2D eigenvalue weighted by Crippen LogP contribution is -2.40. The van der Waals surface area contributed by atoms with Gasteiger partial charge in [-0.25, -0.2) is 9.97 Å². The van der Waals surface area contributed by atoms with Crippen LogP contribution in [0, 0.1) is 0 Å². The molecule has 2 heterocycles. The molecule has 0 saturated carbocycles. The molecule has 1 N–H and O–H groups in total. The van der Waals surface area contributed by atoms with Crippen LogP contribution in [-0.2, 0) is 0 Å². The molecule has 1 saturated heterocycles. The minimum Gasteiger partial charge on any atom is -0.369 e. The highest BCUT2D eigenvalue weighted by molar-refractivity contribution is 9.10. The molecule has 0 spiro atoms. The molecule has 1 aromatic heterocycles. The molecule has 2 rings (SSSR count). The second-order valence-electron chi connectivity index (χ2n) is 5.66. The smallest absolute Gasteiger partial charge is 0.148 e. The summed E-state index contributed by atoms with van der Waals surface area (Å²) in [5, 5.41) is 3.36. The second kappa shape index (κ2) is 7.94. The van der Waals surface area contributed by atoms with Gasteiger partial charge in [0.15, 0.2) is 0 Å². The van der Waals surface area contributed by atoms with Gasteiger partial charge >= 0.3 is 0 Å². The fourth-order valence-electron chi connectivity index (χ4n) is 2.80. The number of hydrogen-bond donors (Lipinski definition) is 1. The number of nitrogens with zero attached hydrogens (tertiary/aromatic N) is 4. The van der Waals surface area contributed by atoms with Gasteiger partial charge in [-0.3, -0.25) is 0 Å². The quantitative estimate of drug-likeness (QED) is 0.879. The summed E-state index contributed by atoms with van der Waals surface area (Å²) in [6.07, 6.45) is 5.04. The van der Waals surface area contributed by atoms with E-state index in [0.29, 0.717) is 6.04 Å². The van der Waals surface area contributed by atoms with Crippen LogP contribution in [0.5, 0.6) is 0 Å². The van der Waals surface area contributed by atoms with Crippen molar-refractivity contribution in [2.45, 2.75) is 39.2 Å². The van der Waals surface area contributed by atoms with Gasteiger partial charge in [0.25, 0.3) is 0 Å². The summed E-state index contributed by atoms with van der Waals surface area (Å²) in [7, 11) is 2.20. The molecule has 1 unspecified atom stereocenters. The normalized spacial score (nSPS) is 20.4. The van der Waals surface area contributed by atoms with E-state index in [1.165, 1.54) is 6.42 Å². The summed E-state index contributed by atoms with van der Waals surface area (Å²) < 4.78 is 0.987. The molecule has 0 aromatic carbocycles. The Labute approximate surface area is 136 Å². The molecule has 0 aliphatic carbocycles. The predicted molar refractivity (Wildman–Crippen MR) is 92.1 cm³/mol. The van der Waals surface area contributed by atoms with E-state index in [9.17, 15) is 0 Å². The van der Waals surface area contributed by atoms with Gasteiger partial charge in [0, 0.05) is 25.7 Å². The number of halogens is 1. The van der Waals surface area contributed by atoms with Crippen molar-refractivity contribution in [3.8, 4) is 0 Å². The molecule has 118 valence electrons. The van der Waals surface area contributed by atoms with E-state index in [1.807, 2.05) is 0 Å². The molecule has 1 atom stereocenters. The number of anilines is 2. The zero-order valence-electron chi connectivity index (χ0n) is 13.3. The lowest BCUT2D eigenvalue weighted by atomic mass is 10.2. The Bertz CT molecular complexity index is 454. The first kappa shape index (κ1) is 16.5. The largest absolute Gasteiger partial charge is 0.369 e. The number of rotatable bonds is 5. The Balaban J connectivity index is 2.26. The highest BCUT2D eigenvalue weighted by Crippen LogP contribution is 2.32. The monoisotopic (exact) mass is 355 g/mol. The molecule has 0 amide bonds. The first-order chi connectivity index (χ1) is 10.2. The molecule has 21 heavy (non-hydrogen) atoms. The lowest BCUT2D eigenvalue weighted by Gasteiger charge is -2.32. The predicted octanol–water partition coefficient (Wildman–Crippen LogP) is 2.98. The molecule has 1 aliphatic heterocycles. The van der Waals surface area contributed by atoms with E-state index < -0.39 is 0 Å². The topological polar surface area (TPSA) is 44.3 Å². The third-order valence-electron chi connectivity index (χ3n) is 3.96. The van der Waals surface area contributed by atoms with Gasteiger partial charge in [0.05, 0.1) is 0 Å². The van der Waals surface area contributed by atoms with E-state index in [2.05, 4.69) is 61.9 Å². The number of aromatic nitrogens is 2. The van der Waals surface area contributed by atoms with Crippen LogP contribution in [0.1, 0.15) is 33.1 Å². The highest BCUT2D eigenvalue weighted by Gasteiger charge is 2.25. The summed E-state index contributed by atoms with van der Waals surface area (Å²) in [5.74, 6) is 1.92. The van der Waals surface area contributed by atoms with E-state index in [4.69, 9.17) is 0 Å². The first-order valence-electron chi connectivity index (χ1n) is 7.86. The van der Waals surface area contributed by atoms with Gasteiger partial charge in [0.2, 0.25) is 0 Å². The Kier molecular flexibility index (Phi) is 6.23. The van der Waals surface area contributed by atoms with Crippen molar-refractivity contribution in [2.75, 3.05) is 43.4 Å². The molecular weight excluding hydrogens is 330 g/mol. The van der Waals surface area contributed by atoms with Crippen LogP contribution < -0.4 is 10.2 Å². The van der Waals surface area contributed by atoms with E-state index in [-0.39, 0.29) is 0 Å². The van der Waals surface area contributed by atoms with Gasteiger partial charge in [-0.15, -0.1) is 0 Å².